The number of carbonyl (C=O) groups excluding carboxylic acids is 1. The van der Waals surface area contributed by atoms with Crippen molar-refractivity contribution < 1.29 is 13.6 Å². The maximum atomic E-state index is 12.5. The number of halogens is 2. The Labute approximate surface area is 127 Å². The molecule has 5 nitrogen and oxygen atoms in total. The van der Waals surface area contributed by atoms with Gasteiger partial charge in [-0.05, 0) is 37.6 Å². The van der Waals surface area contributed by atoms with E-state index in [0.717, 1.165) is 17.3 Å². The normalized spacial score (nSPS) is 12.5. The van der Waals surface area contributed by atoms with Crippen LogP contribution in [-0.2, 0) is 6.42 Å². The molecule has 0 unspecified atom stereocenters. The van der Waals surface area contributed by atoms with Gasteiger partial charge in [-0.1, -0.05) is 0 Å². The lowest BCUT2D eigenvalue weighted by Crippen LogP contribution is -2.36. The summed E-state index contributed by atoms with van der Waals surface area (Å²) in [5, 5.41) is 5.83. The minimum Gasteiger partial charge on any atom is -0.337 e. The Morgan fingerprint density at radius 2 is 2.14 bits per heavy atom. The summed E-state index contributed by atoms with van der Waals surface area (Å²) in [6, 6.07) is 4.81. The van der Waals surface area contributed by atoms with Crippen molar-refractivity contribution >= 4 is 5.91 Å². The number of nitrogens with one attached hydrogen (secondary N) is 1. The second kappa shape index (κ2) is 6.64. The quantitative estimate of drug-likeness (QED) is 0.924. The first-order valence-electron chi connectivity index (χ1n) is 6.90. The van der Waals surface area contributed by atoms with Crippen molar-refractivity contribution in [3.8, 4) is 0 Å². The smallest absolute Gasteiger partial charge is 0.279 e. The van der Waals surface area contributed by atoms with E-state index in [1.807, 2.05) is 26.0 Å². The van der Waals surface area contributed by atoms with Crippen molar-refractivity contribution in [2.24, 2.45) is 0 Å². The Kier molecular flexibility index (Phi) is 4.85. The number of aromatic nitrogens is 3. The molecule has 0 saturated heterocycles. The standard InChI is InChI=1S/C15H18F2N4O/c1-9-4-5-18-11(6-9)7-10(2)21(3)15(22)13-8-12(14(16)17)19-20-13/h4-6,8,10,14H,7H2,1-3H3,(H,19,20)/t10-/m0/s1. The molecule has 0 saturated carbocycles. The predicted molar refractivity (Wildman–Crippen MR) is 77.8 cm³/mol. The number of H-pyrrole nitrogens is 1. The molecule has 0 aromatic carbocycles. The second-order valence-corrected chi connectivity index (χ2v) is 5.30. The van der Waals surface area contributed by atoms with Gasteiger partial charge in [-0.15, -0.1) is 0 Å². The molecule has 2 aromatic heterocycles. The van der Waals surface area contributed by atoms with Crippen LogP contribution in [0.4, 0.5) is 8.78 Å². The van der Waals surface area contributed by atoms with Crippen molar-refractivity contribution in [1.82, 2.24) is 20.1 Å². The molecule has 0 fully saturated rings. The topological polar surface area (TPSA) is 61.9 Å². The molecule has 1 N–H and O–H groups in total. The number of likely N-dealkylation sites (N-methyl/N-ethyl adjacent to an activating group) is 1. The highest BCUT2D eigenvalue weighted by Gasteiger charge is 2.22. The average molecular weight is 308 g/mol. The van der Waals surface area contributed by atoms with Gasteiger partial charge in [0.2, 0.25) is 0 Å². The van der Waals surface area contributed by atoms with Crippen LogP contribution >= 0.6 is 0 Å². The summed E-state index contributed by atoms with van der Waals surface area (Å²) in [5.74, 6) is -0.400. The monoisotopic (exact) mass is 308 g/mol. The van der Waals surface area contributed by atoms with Gasteiger partial charge in [0.05, 0.1) is 0 Å². The summed E-state index contributed by atoms with van der Waals surface area (Å²) in [5.41, 5.74) is 1.61. The van der Waals surface area contributed by atoms with Gasteiger partial charge in [0.15, 0.2) is 5.69 Å². The van der Waals surface area contributed by atoms with Crippen LogP contribution < -0.4 is 0 Å². The molecular formula is C15H18F2N4O. The third-order valence-corrected chi connectivity index (χ3v) is 3.51. The zero-order valence-corrected chi connectivity index (χ0v) is 12.7. The maximum Gasteiger partial charge on any atom is 0.279 e. The molecule has 1 amide bonds. The number of amides is 1. The first kappa shape index (κ1) is 16.1. The van der Waals surface area contributed by atoms with E-state index in [0.29, 0.717) is 6.42 Å². The van der Waals surface area contributed by atoms with Crippen LogP contribution in [0.5, 0.6) is 0 Å². The van der Waals surface area contributed by atoms with Crippen LogP contribution in [0.1, 0.15) is 40.8 Å². The van der Waals surface area contributed by atoms with Crippen LogP contribution in [0.3, 0.4) is 0 Å². The van der Waals surface area contributed by atoms with Crippen LogP contribution in [0.2, 0.25) is 0 Å². The largest absolute Gasteiger partial charge is 0.337 e. The van der Waals surface area contributed by atoms with Crippen LogP contribution in [0.15, 0.2) is 24.4 Å². The van der Waals surface area contributed by atoms with Gasteiger partial charge >= 0.3 is 0 Å². The molecule has 0 spiro atoms. The van der Waals surface area contributed by atoms with Gasteiger partial charge in [0.1, 0.15) is 5.69 Å². The summed E-state index contributed by atoms with van der Waals surface area (Å²) >= 11 is 0. The van der Waals surface area contributed by atoms with E-state index in [9.17, 15) is 13.6 Å². The lowest BCUT2D eigenvalue weighted by molar-refractivity contribution is 0.0737. The number of aromatic amines is 1. The highest BCUT2D eigenvalue weighted by atomic mass is 19.3. The van der Waals surface area contributed by atoms with Gasteiger partial charge < -0.3 is 4.90 Å². The first-order valence-corrected chi connectivity index (χ1v) is 6.90. The minimum absolute atomic E-state index is 0.0122. The molecule has 1 atom stereocenters. The number of nitrogens with zero attached hydrogens (tertiary/aromatic N) is 3. The molecule has 0 aliphatic heterocycles. The number of pyridine rings is 1. The molecule has 118 valence electrons. The second-order valence-electron chi connectivity index (χ2n) is 5.30. The van der Waals surface area contributed by atoms with Crippen molar-refractivity contribution in [3.63, 3.8) is 0 Å². The Balaban J connectivity index is 2.05. The molecule has 2 heterocycles. The van der Waals surface area contributed by atoms with Crippen LogP contribution in [-0.4, -0.2) is 39.1 Å². The highest BCUT2D eigenvalue weighted by Crippen LogP contribution is 2.18. The molecular weight excluding hydrogens is 290 g/mol. The highest BCUT2D eigenvalue weighted by molar-refractivity contribution is 5.92. The molecule has 2 aromatic rings. The van der Waals surface area contributed by atoms with Gasteiger partial charge in [-0.2, -0.15) is 5.10 Å². The van der Waals surface area contributed by atoms with Gasteiger partial charge in [-0.3, -0.25) is 14.9 Å². The van der Waals surface area contributed by atoms with E-state index in [1.54, 1.807) is 13.2 Å². The van der Waals surface area contributed by atoms with E-state index >= 15 is 0 Å². The zero-order valence-electron chi connectivity index (χ0n) is 12.7. The molecule has 0 aliphatic rings. The Bertz CT molecular complexity index is 656. The number of hydrogen-bond donors (Lipinski definition) is 1. The number of aryl methyl sites for hydroxylation is 1. The van der Waals surface area contributed by atoms with Gasteiger partial charge in [0, 0.05) is 31.4 Å². The fourth-order valence-electron chi connectivity index (χ4n) is 2.09. The van der Waals surface area contributed by atoms with E-state index < -0.39 is 12.3 Å². The molecule has 2 rings (SSSR count). The molecule has 0 radical (unpaired) electrons. The summed E-state index contributed by atoms with van der Waals surface area (Å²) in [6.45, 7) is 3.85. The first-order chi connectivity index (χ1) is 10.4. The molecule has 0 bridgehead atoms. The Morgan fingerprint density at radius 1 is 1.41 bits per heavy atom. The average Bonchev–Trinajstić information content (AvgIpc) is 2.95. The number of hydrogen-bond acceptors (Lipinski definition) is 3. The van der Waals surface area contributed by atoms with E-state index in [4.69, 9.17) is 0 Å². The van der Waals surface area contributed by atoms with Crippen molar-refractivity contribution in [2.75, 3.05) is 7.05 Å². The van der Waals surface area contributed by atoms with Gasteiger partial charge in [0.25, 0.3) is 12.3 Å². The molecule has 22 heavy (non-hydrogen) atoms. The summed E-state index contributed by atoms with van der Waals surface area (Å²) < 4.78 is 25.0. The number of rotatable bonds is 5. The van der Waals surface area contributed by atoms with Crippen molar-refractivity contribution in [2.45, 2.75) is 32.7 Å². The Morgan fingerprint density at radius 3 is 2.73 bits per heavy atom. The maximum absolute atomic E-state index is 12.5. The van der Waals surface area contributed by atoms with Gasteiger partial charge in [-0.25, -0.2) is 8.78 Å². The predicted octanol–water partition coefficient (Wildman–Crippen LogP) is 2.75. The lowest BCUT2D eigenvalue weighted by Gasteiger charge is -2.24. The lowest BCUT2D eigenvalue weighted by atomic mass is 10.1. The van der Waals surface area contributed by atoms with Crippen molar-refractivity contribution in [3.05, 3.63) is 47.0 Å². The van der Waals surface area contributed by atoms with E-state index in [1.165, 1.54) is 4.90 Å². The van der Waals surface area contributed by atoms with E-state index in [-0.39, 0.29) is 17.4 Å². The zero-order chi connectivity index (χ0) is 16.3. The fourth-order valence-corrected chi connectivity index (χ4v) is 2.09. The van der Waals surface area contributed by atoms with Crippen LogP contribution in [0, 0.1) is 6.92 Å². The molecule has 0 aliphatic carbocycles. The third kappa shape index (κ3) is 3.66. The third-order valence-electron chi connectivity index (χ3n) is 3.51. The van der Waals surface area contributed by atoms with Crippen molar-refractivity contribution in [1.29, 1.82) is 0 Å². The molecule has 7 heteroatoms. The fraction of sp³-hybridized carbons (Fsp3) is 0.400. The number of carbonyl (C=O) groups is 1. The van der Waals surface area contributed by atoms with Crippen LogP contribution in [0.25, 0.3) is 0 Å². The SMILES string of the molecule is Cc1ccnc(C[C@H](C)N(C)C(=O)c2cc(C(F)F)[nH]n2)c1. The Hall–Kier alpha value is -2.31. The summed E-state index contributed by atoms with van der Waals surface area (Å²) in [4.78, 5) is 18.0. The minimum atomic E-state index is -2.67. The summed E-state index contributed by atoms with van der Waals surface area (Å²) in [7, 11) is 1.62. The van der Waals surface area contributed by atoms with E-state index in [2.05, 4.69) is 15.2 Å². The summed E-state index contributed by atoms with van der Waals surface area (Å²) in [6.07, 6.45) is -0.369. The number of alkyl halides is 2.